The van der Waals surface area contributed by atoms with Crippen LogP contribution in [0.1, 0.15) is 38.7 Å². The molecule has 3 unspecified atom stereocenters. The number of hydrogen-bond donors (Lipinski definition) is 1. The zero-order valence-electron chi connectivity index (χ0n) is 12.1. The molecule has 1 saturated carbocycles. The van der Waals surface area contributed by atoms with Gasteiger partial charge >= 0.3 is 0 Å². The van der Waals surface area contributed by atoms with Crippen molar-refractivity contribution in [2.45, 2.75) is 46.1 Å². The van der Waals surface area contributed by atoms with Crippen molar-refractivity contribution < 1.29 is 9.31 Å². The van der Waals surface area contributed by atoms with Gasteiger partial charge in [0.1, 0.15) is 11.5 Å². The van der Waals surface area contributed by atoms with Crippen molar-refractivity contribution >= 4 is 11.4 Å². The van der Waals surface area contributed by atoms with Crippen LogP contribution in [0, 0.1) is 34.7 Å². The first-order valence-corrected chi connectivity index (χ1v) is 7.15. The molecule has 0 amide bonds. The Morgan fingerprint density at radius 3 is 2.70 bits per heavy atom. The van der Waals surface area contributed by atoms with Gasteiger partial charge in [-0.25, -0.2) is 4.39 Å². The highest BCUT2D eigenvalue weighted by Gasteiger charge is 2.32. The fraction of sp³-hybridized carbons (Fsp3) is 0.600. The van der Waals surface area contributed by atoms with Gasteiger partial charge < -0.3 is 5.32 Å². The van der Waals surface area contributed by atoms with Gasteiger partial charge in [-0.05, 0) is 43.2 Å². The zero-order valence-corrected chi connectivity index (χ0v) is 12.1. The van der Waals surface area contributed by atoms with Gasteiger partial charge in [-0.2, -0.15) is 0 Å². The number of aryl methyl sites for hydroxylation is 1. The summed E-state index contributed by atoms with van der Waals surface area (Å²) in [5.74, 6) is 0.603. The number of nitrogens with one attached hydrogen (secondary N) is 1. The number of hydrogen-bond acceptors (Lipinski definition) is 3. The highest BCUT2D eigenvalue weighted by molar-refractivity contribution is 5.63. The third-order valence-corrected chi connectivity index (χ3v) is 4.57. The monoisotopic (exact) mass is 280 g/mol. The molecule has 0 spiro atoms. The minimum absolute atomic E-state index is 0.180. The van der Waals surface area contributed by atoms with Gasteiger partial charge in [-0.3, -0.25) is 10.1 Å². The van der Waals surface area contributed by atoms with Crippen LogP contribution in [0.2, 0.25) is 0 Å². The number of nitro benzene ring substituents is 1. The lowest BCUT2D eigenvalue weighted by Gasteiger charge is -2.22. The first-order valence-electron chi connectivity index (χ1n) is 7.15. The second kappa shape index (κ2) is 5.77. The smallest absolute Gasteiger partial charge is 0.295 e. The summed E-state index contributed by atoms with van der Waals surface area (Å²) in [5, 5.41) is 14.3. The van der Waals surface area contributed by atoms with Crippen LogP contribution in [0.5, 0.6) is 0 Å². The first kappa shape index (κ1) is 14.8. The van der Waals surface area contributed by atoms with Crippen LogP contribution >= 0.6 is 0 Å². The molecule has 4 nitrogen and oxygen atoms in total. The summed E-state index contributed by atoms with van der Waals surface area (Å²) in [6.45, 7) is 5.98. The summed E-state index contributed by atoms with van der Waals surface area (Å²) >= 11 is 0. The Morgan fingerprint density at radius 2 is 2.15 bits per heavy atom. The van der Waals surface area contributed by atoms with E-state index in [0.717, 1.165) is 25.3 Å². The predicted octanol–water partition coefficient (Wildman–Crippen LogP) is 4.28. The average molecular weight is 280 g/mol. The maximum atomic E-state index is 13.5. The van der Waals surface area contributed by atoms with Gasteiger partial charge in [0.15, 0.2) is 0 Å². The Morgan fingerprint density at radius 1 is 1.45 bits per heavy atom. The van der Waals surface area contributed by atoms with Gasteiger partial charge in [0.25, 0.3) is 5.69 Å². The molecule has 110 valence electrons. The van der Waals surface area contributed by atoms with Crippen LogP contribution in [0.25, 0.3) is 0 Å². The molecule has 1 N–H and O–H groups in total. The molecule has 1 aromatic rings. The highest BCUT2D eigenvalue weighted by atomic mass is 19.1. The van der Waals surface area contributed by atoms with Crippen molar-refractivity contribution in [3.63, 3.8) is 0 Å². The molecule has 0 radical (unpaired) electrons. The Balaban J connectivity index is 2.25. The molecule has 0 aromatic heterocycles. The van der Waals surface area contributed by atoms with Crippen LogP contribution in [0.3, 0.4) is 0 Å². The molecule has 0 aliphatic heterocycles. The van der Waals surface area contributed by atoms with Gasteiger partial charge in [-0.1, -0.05) is 20.3 Å². The largest absolute Gasteiger partial charge is 0.376 e. The van der Waals surface area contributed by atoms with E-state index in [-0.39, 0.29) is 11.7 Å². The predicted molar refractivity (Wildman–Crippen MR) is 77.4 cm³/mol. The Hall–Kier alpha value is -1.65. The van der Waals surface area contributed by atoms with E-state index in [0.29, 0.717) is 23.1 Å². The van der Waals surface area contributed by atoms with E-state index in [2.05, 4.69) is 19.2 Å². The summed E-state index contributed by atoms with van der Waals surface area (Å²) < 4.78 is 13.5. The van der Waals surface area contributed by atoms with Crippen molar-refractivity contribution in [2.24, 2.45) is 11.8 Å². The Bertz CT molecular complexity index is 519. The maximum absolute atomic E-state index is 13.5. The molecule has 0 bridgehead atoms. The van der Waals surface area contributed by atoms with Crippen LogP contribution < -0.4 is 5.32 Å². The summed E-state index contributed by atoms with van der Waals surface area (Å²) in [6.07, 6.45) is 3.28. The third kappa shape index (κ3) is 2.76. The summed E-state index contributed by atoms with van der Waals surface area (Å²) in [7, 11) is 0. The minimum atomic E-state index is -0.534. The van der Waals surface area contributed by atoms with E-state index >= 15 is 0 Å². The lowest BCUT2D eigenvalue weighted by atomic mass is 9.93. The van der Waals surface area contributed by atoms with Gasteiger partial charge in [0, 0.05) is 6.04 Å². The van der Waals surface area contributed by atoms with Crippen LogP contribution in [-0.2, 0) is 0 Å². The van der Waals surface area contributed by atoms with E-state index < -0.39 is 10.7 Å². The molecule has 3 atom stereocenters. The topological polar surface area (TPSA) is 55.2 Å². The van der Waals surface area contributed by atoms with E-state index in [1.165, 1.54) is 0 Å². The van der Waals surface area contributed by atoms with Crippen molar-refractivity contribution in [1.29, 1.82) is 0 Å². The lowest BCUT2D eigenvalue weighted by molar-refractivity contribution is -0.384. The molecular formula is C15H21FN2O2. The fourth-order valence-electron chi connectivity index (χ4n) is 3.16. The second-order valence-corrected chi connectivity index (χ2v) is 5.73. The molecule has 0 saturated heterocycles. The van der Waals surface area contributed by atoms with Crippen molar-refractivity contribution in [3.8, 4) is 0 Å². The van der Waals surface area contributed by atoms with Crippen LogP contribution in [-0.4, -0.2) is 11.0 Å². The molecule has 5 heteroatoms. The molecular weight excluding hydrogens is 259 g/mol. The van der Waals surface area contributed by atoms with Gasteiger partial charge in [0.05, 0.1) is 11.0 Å². The van der Waals surface area contributed by atoms with Crippen molar-refractivity contribution in [3.05, 3.63) is 33.6 Å². The molecule has 1 fully saturated rings. The Labute approximate surface area is 118 Å². The van der Waals surface area contributed by atoms with E-state index in [1.807, 2.05) is 0 Å². The Kier molecular flexibility index (Phi) is 4.26. The van der Waals surface area contributed by atoms with E-state index in [9.17, 15) is 14.5 Å². The molecule has 0 heterocycles. The van der Waals surface area contributed by atoms with E-state index in [1.54, 1.807) is 13.0 Å². The number of anilines is 1. The van der Waals surface area contributed by atoms with Crippen molar-refractivity contribution in [1.82, 2.24) is 0 Å². The quantitative estimate of drug-likeness (QED) is 0.661. The maximum Gasteiger partial charge on any atom is 0.295 e. The zero-order chi connectivity index (χ0) is 14.9. The molecule has 20 heavy (non-hydrogen) atoms. The molecule has 1 aromatic carbocycles. The molecule has 1 aliphatic carbocycles. The summed E-state index contributed by atoms with van der Waals surface area (Å²) in [5.41, 5.74) is 0.679. The van der Waals surface area contributed by atoms with Crippen LogP contribution in [0.4, 0.5) is 15.8 Å². The second-order valence-electron chi connectivity index (χ2n) is 5.73. The third-order valence-electron chi connectivity index (χ3n) is 4.57. The lowest BCUT2D eigenvalue weighted by Crippen LogP contribution is -2.25. The number of rotatable bonds is 4. The number of nitrogens with zero attached hydrogens (tertiary/aromatic N) is 1. The summed E-state index contributed by atoms with van der Waals surface area (Å²) in [6, 6.07) is 2.78. The number of nitro groups is 1. The highest BCUT2D eigenvalue weighted by Crippen LogP contribution is 2.37. The van der Waals surface area contributed by atoms with E-state index in [4.69, 9.17) is 0 Å². The molecule has 2 rings (SSSR count). The number of benzene rings is 1. The average Bonchev–Trinajstić information content (AvgIpc) is 2.74. The minimum Gasteiger partial charge on any atom is -0.376 e. The molecule has 1 aliphatic rings. The van der Waals surface area contributed by atoms with Gasteiger partial charge in [0.2, 0.25) is 0 Å². The number of halogens is 1. The standard InChI is InChI=1S/C15H21FN2O2/c1-4-11-5-6-13(10(11)3)17-14-7-9(2)12(16)8-15(14)18(19)20/h7-8,10-11,13,17H,4-6H2,1-3H3. The SMILES string of the molecule is CCC1CCC(Nc2cc(C)c(F)cc2[N+](=O)[O-])C1C. The normalized spacial score (nSPS) is 25.7. The fourth-order valence-corrected chi connectivity index (χ4v) is 3.16. The van der Waals surface area contributed by atoms with Crippen LogP contribution in [0.15, 0.2) is 12.1 Å². The van der Waals surface area contributed by atoms with Crippen molar-refractivity contribution in [2.75, 3.05) is 5.32 Å². The van der Waals surface area contributed by atoms with Gasteiger partial charge in [-0.15, -0.1) is 0 Å². The summed E-state index contributed by atoms with van der Waals surface area (Å²) in [4.78, 5) is 10.5. The first-order chi connectivity index (χ1) is 9.43.